The van der Waals surface area contributed by atoms with Gasteiger partial charge in [-0.2, -0.15) is 5.10 Å². The number of carbonyl (C=O) groups excluding carboxylic acids is 1. The number of nitrogens with one attached hydrogen (secondary N) is 3. The van der Waals surface area contributed by atoms with E-state index in [9.17, 15) is 9.90 Å². The first-order valence-electron chi connectivity index (χ1n) is 9.57. The van der Waals surface area contributed by atoms with Crippen molar-refractivity contribution >= 4 is 12.1 Å². The minimum Gasteiger partial charge on any atom is -0.504 e. The van der Waals surface area contributed by atoms with E-state index >= 15 is 0 Å². The summed E-state index contributed by atoms with van der Waals surface area (Å²) in [5, 5.41) is 13.6. The zero-order chi connectivity index (χ0) is 21.5. The van der Waals surface area contributed by atoms with Gasteiger partial charge in [-0.3, -0.25) is 4.79 Å². The molecule has 4 N–H and O–H groups in total. The highest BCUT2D eigenvalue weighted by Crippen LogP contribution is 2.32. The first-order valence-corrected chi connectivity index (χ1v) is 9.57. The van der Waals surface area contributed by atoms with Gasteiger partial charge in [0.25, 0.3) is 5.91 Å². The molecule has 9 heteroatoms. The summed E-state index contributed by atoms with van der Waals surface area (Å²) in [5.41, 5.74) is 10.3. The number of rotatable bonds is 8. The Morgan fingerprint density at radius 1 is 1.17 bits per heavy atom. The van der Waals surface area contributed by atoms with E-state index in [1.807, 2.05) is 25.1 Å². The zero-order valence-electron chi connectivity index (χ0n) is 17.1. The molecular formula is C21H26N4O5. The van der Waals surface area contributed by atoms with Crippen LogP contribution in [-0.2, 0) is 4.79 Å². The van der Waals surface area contributed by atoms with Crippen molar-refractivity contribution in [2.24, 2.45) is 5.10 Å². The van der Waals surface area contributed by atoms with E-state index in [0.29, 0.717) is 35.8 Å². The quantitative estimate of drug-likeness (QED) is 0.385. The second kappa shape index (κ2) is 9.95. The Kier molecular flexibility index (Phi) is 7.10. The molecule has 1 heterocycles. The predicted molar refractivity (Wildman–Crippen MR) is 112 cm³/mol. The molecule has 0 radical (unpaired) electrons. The van der Waals surface area contributed by atoms with Crippen LogP contribution in [0.4, 0.5) is 0 Å². The molecule has 0 aromatic heterocycles. The number of methoxy groups -OCH3 is 2. The lowest BCUT2D eigenvalue weighted by atomic mass is 10.0. The van der Waals surface area contributed by atoms with Crippen LogP contribution in [-0.4, -0.2) is 44.1 Å². The Hall–Kier alpha value is -3.30. The number of phenolic OH excluding ortho intramolecular Hbond substituents is 1. The minimum atomic E-state index is -0.445. The van der Waals surface area contributed by atoms with Crippen LogP contribution in [0.25, 0.3) is 0 Å². The van der Waals surface area contributed by atoms with Gasteiger partial charge < -0.3 is 19.3 Å². The molecule has 0 saturated carbocycles. The van der Waals surface area contributed by atoms with E-state index in [4.69, 9.17) is 14.2 Å². The molecule has 0 aliphatic carbocycles. The van der Waals surface area contributed by atoms with E-state index in [-0.39, 0.29) is 17.7 Å². The number of hydrazine groups is 1. The molecule has 2 aromatic carbocycles. The summed E-state index contributed by atoms with van der Waals surface area (Å²) in [7, 11) is 3.06. The number of hydrogen-bond donors (Lipinski definition) is 4. The summed E-state index contributed by atoms with van der Waals surface area (Å²) < 4.78 is 16.0. The fraction of sp³-hybridized carbons (Fsp3) is 0.333. The van der Waals surface area contributed by atoms with E-state index in [2.05, 4.69) is 21.4 Å². The van der Waals surface area contributed by atoms with Gasteiger partial charge in [-0.15, -0.1) is 0 Å². The molecule has 2 aromatic rings. The van der Waals surface area contributed by atoms with Crippen LogP contribution in [0.1, 0.15) is 30.5 Å². The third-order valence-electron chi connectivity index (χ3n) is 4.70. The van der Waals surface area contributed by atoms with Gasteiger partial charge in [-0.25, -0.2) is 16.3 Å². The summed E-state index contributed by atoms with van der Waals surface area (Å²) in [4.78, 5) is 12.4. The Balaban J connectivity index is 1.58. The first kappa shape index (κ1) is 21.4. The molecule has 0 spiro atoms. The Morgan fingerprint density at radius 3 is 2.70 bits per heavy atom. The molecule has 3 rings (SSSR count). The van der Waals surface area contributed by atoms with E-state index in [1.165, 1.54) is 19.4 Å². The average molecular weight is 414 g/mol. The highest BCUT2D eigenvalue weighted by Gasteiger charge is 2.30. The summed E-state index contributed by atoms with van der Waals surface area (Å²) in [6, 6.07) is 10.00. The lowest BCUT2D eigenvalue weighted by molar-refractivity contribution is -0.122. The number of aromatic hydroxyl groups is 1. The number of ether oxygens (including phenoxy) is 3. The topological polar surface area (TPSA) is 113 Å². The van der Waals surface area contributed by atoms with E-state index < -0.39 is 6.04 Å². The largest absolute Gasteiger partial charge is 0.504 e. The number of amides is 1. The second-order valence-electron chi connectivity index (χ2n) is 6.64. The van der Waals surface area contributed by atoms with Crippen molar-refractivity contribution in [2.75, 3.05) is 20.8 Å². The molecular weight excluding hydrogens is 388 g/mol. The van der Waals surface area contributed by atoms with Crippen molar-refractivity contribution in [3.63, 3.8) is 0 Å². The smallest absolute Gasteiger partial charge is 0.258 e. The molecule has 9 nitrogen and oxygen atoms in total. The van der Waals surface area contributed by atoms with Gasteiger partial charge >= 0.3 is 0 Å². The molecule has 160 valence electrons. The van der Waals surface area contributed by atoms with E-state index in [0.717, 1.165) is 5.56 Å². The van der Waals surface area contributed by atoms with Gasteiger partial charge in [0, 0.05) is 6.04 Å². The fourth-order valence-corrected chi connectivity index (χ4v) is 3.15. The van der Waals surface area contributed by atoms with Crippen molar-refractivity contribution in [1.29, 1.82) is 0 Å². The van der Waals surface area contributed by atoms with Crippen LogP contribution in [0.5, 0.6) is 23.0 Å². The van der Waals surface area contributed by atoms with Crippen molar-refractivity contribution in [3.05, 3.63) is 47.5 Å². The molecule has 1 amide bonds. The number of nitrogens with zero attached hydrogens (tertiary/aromatic N) is 1. The highest BCUT2D eigenvalue weighted by molar-refractivity contribution is 5.85. The van der Waals surface area contributed by atoms with Crippen LogP contribution in [0.3, 0.4) is 0 Å². The van der Waals surface area contributed by atoms with Crippen LogP contribution >= 0.6 is 0 Å². The average Bonchev–Trinajstić information content (AvgIpc) is 3.25. The molecule has 30 heavy (non-hydrogen) atoms. The Bertz CT molecular complexity index is 918. The van der Waals surface area contributed by atoms with Gasteiger partial charge in [0.05, 0.1) is 27.0 Å². The summed E-state index contributed by atoms with van der Waals surface area (Å²) in [6.45, 7) is 2.47. The number of hydrazone groups is 1. The second-order valence-corrected chi connectivity index (χ2v) is 6.64. The molecule has 1 fully saturated rings. The maximum absolute atomic E-state index is 12.4. The van der Waals surface area contributed by atoms with Crippen molar-refractivity contribution in [3.8, 4) is 23.0 Å². The predicted octanol–water partition coefficient (Wildman–Crippen LogP) is 1.87. The number of phenols is 1. The van der Waals surface area contributed by atoms with E-state index in [1.54, 1.807) is 19.2 Å². The van der Waals surface area contributed by atoms with Crippen LogP contribution in [0.15, 0.2) is 41.5 Å². The highest BCUT2D eigenvalue weighted by atomic mass is 16.5. The van der Waals surface area contributed by atoms with Crippen LogP contribution in [0.2, 0.25) is 0 Å². The zero-order valence-corrected chi connectivity index (χ0v) is 17.1. The monoisotopic (exact) mass is 414 g/mol. The van der Waals surface area contributed by atoms with Crippen LogP contribution in [0, 0.1) is 0 Å². The van der Waals surface area contributed by atoms with Gasteiger partial charge in [0.2, 0.25) is 0 Å². The summed E-state index contributed by atoms with van der Waals surface area (Å²) >= 11 is 0. The van der Waals surface area contributed by atoms with Crippen molar-refractivity contribution in [1.82, 2.24) is 16.3 Å². The fourth-order valence-electron chi connectivity index (χ4n) is 3.15. The normalized spacial score (nSPS) is 18.4. The lowest BCUT2D eigenvalue weighted by Gasteiger charge is -2.14. The van der Waals surface area contributed by atoms with Crippen molar-refractivity contribution < 1.29 is 24.1 Å². The first-order chi connectivity index (χ1) is 14.5. The Labute approximate surface area is 175 Å². The molecule has 1 aliphatic heterocycles. The third-order valence-corrected chi connectivity index (χ3v) is 4.70. The summed E-state index contributed by atoms with van der Waals surface area (Å²) in [6.07, 6.45) is 2.03. The molecule has 2 unspecified atom stereocenters. The van der Waals surface area contributed by atoms with Crippen LogP contribution < -0.4 is 30.5 Å². The number of hydrogen-bond acceptors (Lipinski definition) is 8. The molecule has 0 bridgehead atoms. The standard InChI is InChI=1S/C21H26N4O5/c1-4-30-18-8-6-14(10-20(18)29-3)15-11-16(24-23-15)21(27)25-22-12-13-5-7-17(26)19(9-13)28-2/h5-10,12,15-16,23-24,26H,4,11H2,1-3H3,(H,25,27)/b22-12+. The molecule has 2 atom stereocenters. The van der Waals surface area contributed by atoms with Gasteiger partial charge in [0.1, 0.15) is 6.04 Å². The third kappa shape index (κ3) is 5.00. The Morgan fingerprint density at radius 2 is 1.97 bits per heavy atom. The molecule has 1 saturated heterocycles. The maximum atomic E-state index is 12.4. The maximum Gasteiger partial charge on any atom is 0.258 e. The van der Waals surface area contributed by atoms with Gasteiger partial charge in [-0.05, 0) is 54.8 Å². The van der Waals surface area contributed by atoms with Gasteiger partial charge in [0.15, 0.2) is 23.0 Å². The lowest BCUT2D eigenvalue weighted by Crippen LogP contribution is -2.41. The van der Waals surface area contributed by atoms with Crippen molar-refractivity contribution in [2.45, 2.75) is 25.4 Å². The molecule has 1 aliphatic rings. The summed E-state index contributed by atoms with van der Waals surface area (Å²) in [5.74, 6) is 1.45. The number of benzene rings is 2. The SMILES string of the molecule is CCOc1ccc(C2CC(C(=O)N/N=C/c3ccc(O)c(OC)c3)NN2)cc1OC. The minimum absolute atomic E-state index is 0.0388. The van der Waals surface area contributed by atoms with Gasteiger partial charge in [-0.1, -0.05) is 6.07 Å². The number of carbonyl (C=O) groups is 1.